The van der Waals surface area contributed by atoms with Crippen LogP contribution >= 0.6 is 24.4 Å². The Bertz CT molecular complexity index is 230. The third kappa shape index (κ3) is 1.04. The Balaban J connectivity index is 2.24. The summed E-state index contributed by atoms with van der Waals surface area (Å²) in [6.07, 6.45) is 8.39. The van der Waals surface area contributed by atoms with Gasteiger partial charge < -0.3 is 0 Å². The molecule has 0 N–H and O–H groups in total. The molecule has 0 saturated heterocycles. The van der Waals surface area contributed by atoms with E-state index in [0.717, 1.165) is 4.38 Å². The molecule has 2 atom stereocenters. The Morgan fingerprint density at radius 2 is 2.20 bits per heavy atom. The van der Waals surface area contributed by atoms with Crippen LogP contribution in [-0.4, -0.2) is 15.7 Å². The number of thioether (sulfide) groups is 1. The maximum atomic E-state index is 4.32. The molecule has 1 aliphatic carbocycles. The molecule has 10 heavy (non-hydrogen) atoms. The van der Waals surface area contributed by atoms with E-state index < -0.39 is 0 Å². The molecule has 1 nitrogen and oxygen atoms in total. The second-order valence-corrected chi connectivity index (χ2v) is 4.15. The molecule has 52 valence electrons. The molecule has 0 radical (unpaired) electrons. The number of allylic oxidation sites excluding steroid dienone is 2. The molecule has 2 unspecified atom stereocenters. The Morgan fingerprint density at radius 1 is 1.40 bits per heavy atom. The first-order valence-corrected chi connectivity index (χ1v) is 4.47. The molecular formula is C7H7NS2. The molecule has 0 aromatic rings. The van der Waals surface area contributed by atoms with E-state index in [1.54, 1.807) is 11.8 Å². The minimum Gasteiger partial charge on any atom is -0.263 e. The van der Waals surface area contributed by atoms with Crippen LogP contribution in [-0.2, 0) is 0 Å². The quantitative estimate of drug-likeness (QED) is 0.546. The van der Waals surface area contributed by atoms with Crippen LogP contribution in [0.1, 0.15) is 0 Å². The Kier molecular flexibility index (Phi) is 1.62. The molecule has 0 amide bonds. The monoisotopic (exact) mass is 169 g/mol. The first-order valence-electron chi connectivity index (χ1n) is 3.15. The zero-order chi connectivity index (χ0) is 6.97. The highest BCUT2D eigenvalue weighted by Crippen LogP contribution is 2.31. The normalized spacial score (nSPS) is 35.9. The van der Waals surface area contributed by atoms with E-state index in [-0.39, 0.29) is 0 Å². The number of hydrogen-bond acceptors (Lipinski definition) is 2. The summed E-state index contributed by atoms with van der Waals surface area (Å²) in [6.45, 7) is 0. The van der Waals surface area contributed by atoms with Crippen LogP contribution in [0.2, 0.25) is 0 Å². The van der Waals surface area contributed by atoms with Crippen LogP contribution in [0.15, 0.2) is 29.3 Å². The van der Waals surface area contributed by atoms with Crippen molar-refractivity contribution in [2.75, 3.05) is 0 Å². The van der Waals surface area contributed by atoms with E-state index in [0.29, 0.717) is 11.3 Å². The van der Waals surface area contributed by atoms with E-state index in [1.165, 1.54) is 0 Å². The van der Waals surface area contributed by atoms with Crippen molar-refractivity contribution >= 4 is 28.8 Å². The van der Waals surface area contributed by atoms with Gasteiger partial charge in [-0.1, -0.05) is 36.1 Å². The van der Waals surface area contributed by atoms with Crippen molar-refractivity contribution in [3.05, 3.63) is 24.3 Å². The van der Waals surface area contributed by atoms with Gasteiger partial charge >= 0.3 is 0 Å². The Morgan fingerprint density at radius 3 is 3.00 bits per heavy atom. The summed E-state index contributed by atoms with van der Waals surface area (Å²) in [6, 6.07) is 0.350. The lowest BCUT2D eigenvalue weighted by molar-refractivity contribution is 0.863. The van der Waals surface area contributed by atoms with Crippen molar-refractivity contribution in [3.63, 3.8) is 0 Å². The van der Waals surface area contributed by atoms with Crippen LogP contribution in [0.5, 0.6) is 0 Å². The summed E-state index contributed by atoms with van der Waals surface area (Å²) >= 11 is 5.92. The lowest BCUT2D eigenvalue weighted by Crippen LogP contribution is -2.13. The van der Waals surface area contributed by atoms with Crippen molar-refractivity contribution in [3.8, 4) is 0 Å². The van der Waals surface area contributed by atoms with E-state index in [2.05, 4.69) is 35.8 Å². The van der Waals surface area contributed by atoms with Gasteiger partial charge in [-0.25, -0.2) is 0 Å². The van der Waals surface area contributed by atoms with E-state index in [9.17, 15) is 0 Å². The molecule has 3 heteroatoms. The van der Waals surface area contributed by atoms with Crippen LogP contribution < -0.4 is 0 Å². The predicted octanol–water partition coefficient (Wildman–Crippen LogP) is 1.88. The lowest BCUT2D eigenvalue weighted by Gasteiger charge is -2.10. The summed E-state index contributed by atoms with van der Waals surface area (Å²) in [5.41, 5.74) is 0. The fourth-order valence-corrected chi connectivity index (χ4v) is 2.46. The highest BCUT2D eigenvalue weighted by Gasteiger charge is 2.25. The zero-order valence-corrected chi connectivity index (χ0v) is 6.98. The fourth-order valence-electron chi connectivity index (χ4n) is 1.08. The summed E-state index contributed by atoms with van der Waals surface area (Å²) in [5, 5.41) is 0.512. The maximum absolute atomic E-state index is 4.32. The van der Waals surface area contributed by atoms with Crippen LogP contribution in [0.3, 0.4) is 0 Å². The van der Waals surface area contributed by atoms with Gasteiger partial charge in [-0.3, -0.25) is 4.99 Å². The summed E-state index contributed by atoms with van der Waals surface area (Å²) < 4.78 is 0.909. The molecule has 1 aliphatic heterocycles. The van der Waals surface area contributed by atoms with Crippen molar-refractivity contribution in [2.24, 2.45) is 4.99 Å². The van der Waals surface area contributed by atoms with Crippen LogP contribution in [0.25, 0.3) is 0 Å². The number of hydrogen-bond donors (Lipinski definition) is 1. The van der Waals surface area contributed by atoms with Crippen molar-refractivity contribution < 1.29 is 0 Å². The van der Waals surface area contributed by atoms with Crippen molar-refractivity contribution in [2.45, 2.75) is 11.3 Å². The standard InChI is InChI=1S/C7H7NS2/c9-7-8-5-3-1-2-4-6(5)10-7/h1-6H,(H,8,9). The Labute approximate surface area is 69.7 Å². The van der Waals surface area contributed by atoms with Gasteiger partial charge in [0.15, 0.2) is 0 Å². The molecule has 0 aromatic heterocycles. The van der Waals surface area contributed by atoms with Crippen molar-refractivity contribution in [1.29, 1.82) is 0 Å². The Hall–Kier alpha value is -0.150. The smallest absolute Gasteiger partial charge is 0.122 e. The van der Waals surface area contributed by atoms with Gasteiger partial charge in [0.25, 0.3) is 0 Å². The maximum Gasteiger partial charge on any atom is 0.122 e. The minimum absolute atomic E-state index is 0.350. The summed E-state index contributed by atoms with van der Waals surface area (Å²) in [4.78, 5) is 4.32. The van der Waals surface area contributed by atoms with Gasteiger partial charge in [0.1, 0.15) is 4.38 Å². The van der Waals surface area contributed by atoms with Gasteiger partial charge in [-0.05, 0) is 0 Å². The van der Waals surface area contributed by atoms with Crippen molar-refractivity contribution in [1.82, 2.24) is 0 Å². The second-order valence-electron chi connectivity index (χ2n) is 2.25. The number of fused-ring (bicyclic) bond motifs is 1. The molecular weight excluding hydrogens is 162 g/mol. The molecule has 0 saturated carbocycles. The molecule has 1 heterocycles. The molecule has 2 rings (SSSR count). The predicted molar refractivity (Wildman–Crippen MR) is 49.9 cm³/mol. The molecule has 0 spiro atoms. The first kappa shape index (κ1) is 6.55. The number of thiol groups is 1. The highest BCUT2D eigenvalue weighted by atomic mass is 32.2. The average Bonchev–Trinajstić information content (AvgIpc) is 2.27. The minimum atomic E-state index is 0.350. The number of aliphatic imine (C=N–C) groups is 1. The molecule has 0 bridgehead atoms. The van der Waals surface area contributed by atoms with Crippen LogP contribution in [0.4, 0.5) is 0 Å². The first-order chi connectivity index (χ1) is 4.86. The summed E-state index contributed by atoms with van der Waals surface area (Å²) in [5.74, 6) is 0. The van der Waals surface area contributed by atoms with Gasteiger partial charge in [0, 0.05) is 0 Å². The lowest BCUT2D eigenvalue weighted by atomic mass is 10.1. The van der Waals surface area contributed by atoms with E-state index in [4.69, 9.17) is 0 Å². The largest absolute Gasteiger partial charge is 0.263 e. The van der Waals surface area contributed by atoms with E-state index in [1.807, 2.05) is 6.08 Å². The number of rotatable bonds is 0. The molecule has 0 fully saturated rings. The van der Waals surface area contributed by atoms with Crippen LogP contribution in [0, 0.1) is 0 Å². The number of nitrogens with zero attached hydrogens (tertiary/aromatic N) is 1. The average molecular weight is 169 g/mol. The van der Waals surface area contributed by atoms with Gasteiger partial charge in [-0.15, -0.1) is 12.6 Å². The topological polar surface area (TPSA) is 12.4 Å². The van der Waals surface area contributed by atoms with Gasteiger partial charge in [-0.2, -0.15) is 0 Å². The highest BCUT2D eigenvalue weighted by molar-refractivity contribution is 8.33. The van der Waals surface area contributed by atoms with Gasteiger partial charge in [0.2, 0.25) is 0 Å². The zero-order valence-electron chi connectivity index (χ0n) is 5.27. The second kappa shape index (κ2) is 2.47. The van der Waals surface area contributed by atoms with E-state index >= 15 is 0 Å². The third-order valence-electron chi connectivity index (χ3n) is 1.56. The van der Waals surface area contributed by atoms with Gasteiger partial charge in [0.05, 0.1) is 11.3 Å². The molecule has 2 aliphatic rings. The molecule has 0 aromatic carbocycles. The summed E-state index contributed by atoms with van der Waals surface area (Å²) in [7, 11) is 0. The third-order valence-corrected chi connectivity index (χ3v) is 3.01. The SMILES string of the molecule is SC1=NC2C=CC=CC2S1. The fraction of sp³-hybridized carbons (Fsp3) is 0.286.